The Labute approximate surface area is 122 Å². The first-order chi connectivity index (χ1) is 10.2. The predicted molar refractivity (Wildman–Crippen MR) is 76.4 cm³/mol. The van der Waals surface area contributed by atoms with Crippen molar-refractivity contribution < 1.29 is 9.53 Å². The van der Waals surface area contributed by atoms with Crippen LogP contribution in [0.25, 0.3) is 16.2 Å². The molecule has 0 fully saturated rings. The van der Waals surface area contributed by atoms with E-state index < -0.39 is 11.7 Å². The molecule has 1 aromatic carbocycles. The fourth-order valence-corrected chi connectivity index (χ4v) is 2.40. The van der Waals surface area contributed by atoms with Crippen molar-refractivity contribution in [2.45, 2.75) is 0 Å². The van der Waals surface area contributed by atoms with E-state index in [4.69, 9.17) is 0 Å². The van der Waals surface area contributed by atoms with Crippen LogP contribution in [-0.2, 0) is 4.74 Å². The third kappa shape index (κ3) is 2.46. The number of hydrogen-bond acceptors (Lipinski definition) is 7. The second kappa shape index (κ2) is 5.29. The van der Waals surface area contributed by atoms with Crippen LogP contribution in [0.4, 0.5) is 9.93 Å². The molecule has 0 bridgehead atoms. The van der Waals surface area contributed by atoms with E-state index in [1.54, 1.807) is 24.3 Å². The Morgan fingerprint density at radius 1 is 1.29 bits per heavy atom. The Morgan fingerprint density at radius 2 is 2.05 bits per heavy atom. The van der Waals surface area contributed by atoms with E-state index >= 15 is 0 Å². The number of rotatable bonds is 2. The van der Waals surface area contributed by atoms with Crippen molar-refractivity contribution >= 4 is 27.5 Å². The molecule has 0 unspecified atom stereocenters. The highest BCUT2D eigenvalue weighted by atomic mass is 32.1. The van der Waals surface area contributed by atoms with Crippen LogP contribution in [0.1, 0.15) is 0 Å². The lowest BCUT2D eigenvalue weighted by Crippen LogP contribution is -2.19. The predicted octanol–water partition coefficient (Wildman–Crippen LogP) is 1.39. The molecule has 3 aromatic rings. The molecule has 2 aromatic heterocycles. The molecule has 0 spiro atoms. The third-order valence-corrected chi connectivity index (χ3v) is 3.45. The maximum absolute atomic E-state index is 12.4. The molecule has 21 heavy (non-hydrogen) atoms. The lowest BCUT2D eigenvalue weighted by Gasteiger charge is -1.98. The molecule has 0 aliphatic heterocycles. The van der Waals surface area contributed by atoms with E-state index in [9.17, 15) is 9.59 Å². The van der Waals surface area contributed by atoms with Crippen LogP contribution in [-0.4, -0.2) is 33.0 Å². The van der Waals surface area contributed by atoms with Crippen molar-refractivity contribution in [3.05, 3.63) is 40.7 Å². The third-order valence-electron chi connectivity index (χ3n) is 2.63. The Morgan fingerprint density at radius 3 is 2.76 bits per heavy atom. The molecule has 3 rings (SSSR count). The number of amides is 1. The zero-order valence-corrected chi connectivity index (χ0v) is 11.6. The SMILES string of the molecule is COC(=O)Nc1nn2c(=O)c(-c3ccccc3)nnc2s1. The van der Waals surface area contributed by atoms with Crippen molar-refractivity contribution in [1.82, 2.24) is 19.8 Å². The van der Waals surface area contributed by atoms with Gasteiger partial charge in [-0.3, -0.25) is 10.1 Å². The molecule has 1 amide bonds. The van der Waals surface area contributed by atoms with Crippen LogP contribution in [0.2, 0.25) is 0 Å². The maximum Gasteiger partial charge on any atom is 0.413 e. The molecule has 0 radical (unpaired) electrons. The summed E-state index contributed by atoms with van der Waals surface area (Å²) in [6.07, 6.45) is -0.668. The van der Waals surface area contributed by atoms with Crippen LogP contribution >= 0.6 is 11.3 Å². The van der Waals surface area contributed by atoms with Gasteiger partial charge in [-0.25, -0.2) is 4.79 Å². The summed E-state index contributed by atoms with van der Waals surface area (Å²) >= 11 is 1.03. The van der Waals surface area contributed by atoms with Gasteiger partial charge in [-0.15, -0.1) is 15.3 Å². The lowest BCUT2D eigenvalue weighted by molar-refractivity contribution is 0.187. The van der Waals surface area contributed by atoms with Crippen LogP contribution in [0, 0.1) is 0 Å². The maximum atomic E-state index is 12.4. The van der Waals surface area contributed by atoms with Crippen LogP contribution in [0.5, 0.6) is 0 Å². The van der Waals surface area contributed by atoms with E-state index in [1.165, 1.54) is 7.11 Å². The molecule has 9 heteroatoms. The Hall–Kier alpha value is -2.81. The molecule has 0 saturated heterocycles. The van der Waals surface area contributed by atoms with Gasteiger partial charge in [0.15, 0.2) is 5.69 Å². The van der Waals surface area contributed by atoms with Gasteiger partial charge in [0.2, 0.25) is 10.1 Å². The number of nitrogens with zero attached hydrogens (tertiary/aromatic N) is 4. The summed E-state index contributed by atoms with van der Waals surface area (Å²) in [7, 11) is 1.24. The van der Waals surface area contributed by atoms with Gasteiger partial charge in [0.25, 0.3) is 0 Å². The first kappa shape index (κ1) is 13.2. The summed E-state index contributed by atoms with van der Waals surface area (Å²) in [6, 6.07) is 8.97. The first-order valence-corrected chi connectivity index (χ1v) is 6.67. The monoisotopic (exact) mass is 303 g/mol. The molecular formula is C12H9N5O3S. The fraction of sp³-hybridized carbons (Fsp3) is 0.0833. The molecular weight excluding hydrogens is 294 g/mol. The molecule has 0 atom stereocenters. The number of methoxy groups -OCH3 is 1. The fourth-order valence-electron chi connectivity index (χ4n) is 1.68. The lowest BCUT2D eigenvalue weighted by atomic mass is 10.2. The number of ether oxygens (including phenoxy) is 1. The van der Waals surface area contributed by atoms with Crippen molar-refractivity contribution in [2.75, 3.05) is 12.4 Å². The standard InChI is InChI=1S/C12H9N5O3S/c1-20-12(19)13-10-16-17-9(18)8(14-15-11(17)21-10)7-5-3-2-4-6-7/h2-6H,1H3,(H,13,16,19). The number of anilines is 1. The molecule has 0 aliphatic carbocycles. The van der Waals surface area contributed by atoms with Crippen molar-refractivity contribution in [1.29, 1.82) is 0 Å². The highest BCUT2D eigenvalue weighted by molar-refractivity contribution is 7.20. The van der Waals surface area contributed by atoms with Crippen LogP contribution in [0.15, 0.2) is 35.1 Å². The minimum absolute atomic E-state index is 0.197. The largest absolute Gasteiger partial charge is 0.453 e. The molecule has 8 nitrogen and oxygen atoms in total. The normalized spacial score (nSPS) is 10.5. The van der Waals surface area contributed by atoms with Crippen molar-refractivity contribution in [3.8, 4) is 11.3 Å². The summed E-state index contributed by atoms with van der Waals surface area (Å²) in [5, 5.41) is 14.5. The van der Waals surface area contributed by atoms with E-state index in [1.807, 2.05) is 6.07 Å². The zero-order valence-electron chi connectivity index (χ0n) is 10.8. The molecule has 0 aliphatic rings. The quantitative estimate of drug-likeness (QED) is 0.768. The summed E-state index contributed by atoms with van der Waals surface area (Å²) in [5.74, 6) is 0. The number of carbonyl (C=O) groups is 1. The number of fused-ring (bicyclic) bond motifs is 1. The number of benzene rings is 1. The molecule has 2 heterocycles. The van der Waals surface area contributed by atoms with Gasteiger partial charge in [-0.1, -0.05) is 41.7 Å². The number of nitrogens with one attached hydrogen (secondary N) is 1. The zero-order chi connectivity index (χ0) is 14.8. The van der Waals surface area contributed by atoms with Gasteiger partial charge in [0.05, 0.1) is 7.11 Å². The minimum Gasteiger partial charge on any atom is -0.453 e. The van der Waals surface area contributed by atoms with Crippen LogP contribution < -0.4 is 10.9 Å². The summed E-state index contributed by atoms with van der Waals surface area (Å²) < 4.78 is 5.57. The number of hydrogen-bond donors (Lipinski definition) is 1. The van der Waals surface area contributed by atoms with Gasteiger partial charge >= 0.3 is 11.7 Å². The first-order valence-electron chi connectivity index (χ1n) is 5.86. The van der Waals surface area contributed by atoms with E-state index in [0.29, 0.717) is 5.56 Å². The van der Waals surface area contributed by atoms with Gasteiger partial charge in [0, 0.05) is 5.56 Å². The Balaban J connectivity index is 2.09. The minimum atomic E-state index is -0.668. The Kier molecular flexibility index (Phi) is 3.32. The number of aromatic nitrogens is 4. The second-order valence-electron chi connectivity index (χ2n) is 3.94. The van der Waals surface area contributed by atoms with E-state index in [-0.39, 0.29) is 15.8 Å². The van der Waals surface area contributed by atoms with Gasteiger partial charge in [0.1, 0.15) is 0 Å². The summed E-state index contributed by atoms with van der Waals surface area (Å²) in [4.78, 5) is 23.8. The molecule has 1 N–H and O–H groups in total. The summed E-state index contributed by atoms with van der Waals surface area (Å²) in [5.41, 5.74) is 0.447. The smallest absolute Gasteiger partial charge is 0.413 e. The Bertz CT molecular complexity index is 858. The average molecular weight is 303 g/mol. The number of carbonyl (C=O) groups excluding carboxylic acids is 1. The highest BCUT2D eigenvalue weighted by Gasteiger charge is 2.14. The van der Waals surface area contributed by atoms with Gasteiger partial charge in [-0.2, -0.15) is 4.52 Å². The topological polar surface area (TPSA) is 98.5 Å². The van der Waals surface area contributed by atoms with E-state index in [2.05, 4.69) is 25.3 Å². The molecule has 106 valence electrons. The molecule has 0 saturated carbocycles. The summed E-state index contributed by atoms with van der Waals surface area (Å²) in [6.45, 7) is 0. The highest BCUT2D eigenvalue weighted by Crippen LogP contribution is 2.17. The van der Waals surface area contributed by atoms with Crippen LogP contribution in [0.3, 0.4) is 0 Å². The van der Waals surface area contributed by atoms with Crippen molar-refractivity contribution in [3.63, 3.8) is 0 Å². The van der Waals surface area contributed by atoms with Gasteiger partial charge < -0.3 is 4.74 Å². The van der Waals surface area contributed by atoms with Crippen molar-refractivity contribution in [2.24, 2.45) is 0 Å². The van der Waals surface area contributed by atoms with E-state index in [0.717, 1.165) is 15.9 Å². The second-order valence-corrected chi connectivity index (χ2v) is 4.89. The average Bonchev–Trinajstić information content (AvgIpc) is 2.92. The van der Waals surface area contributed by atoms with Gasteiger partial charge in [-0.05, 0) is 0 Å².